The van der Waals surface area contributed by atoms with Gasteiger partial charge in [0.15, 0.2) is 5.65 Å². The summed E-state index contributed by atoms with van der Waals surface area (Å²) in [6.07, 6.45) is 5.11. The molecule has 15 heavy (non-hydrogen) atoms. The Morgan fingerprint density at radius 1 is 1.53 bits per heavy atom. The average molecular weight is 268 g/mol. The van der Waals surface area contributed by atoms with Crippen molar-refractivity contribution in [1.82, 2.24) is 14.5 Å². The Kier molecular flexibility index (Phi) is 1.95. The molecule has 78 valence electrons. The molecule has 0 spiro atoms. The van der Waals surface area contributed by atoms with E-state index < -0.39 is 0 Å². The lowest BCUT2D eigenvalue weighted by atomic mass is 9.93. The van der Waals surface area contributed by atoms with Crippen molar-refractivity contribution in [3.63, 3.8) is 0 Å². The van der Waals surface area contributed by atoms with E-state index in [1.165, 1.54) is 6.42 Å². The van der Waals surface area contributed by atoms with Gasteiger partial charge in [-0.1, -0.05) is 0 Å². The third kappa shape index (κ3) is 1.33. The largest absolute Gasteiger partial charge is 0.327 e. The van der Waals surface area contributed by atoms with Gasteiger partial charge in [-0.05, 0) is 41.3 Å². The van der Waals surface area contributed by atoms with Crippen molar-refractivity contribution < 1.29 is 0 Å². The van der Waals surface area contributed by atoms with Gasteiger partial charge in [0.25, 0.3) is 0 Å². The van der Waals surface area contributed by atoms with Gasteiger partial charge in [-0.3, -0.25) is 4.57 Å². The number of fused-ring (bicyclic) bond motifs is 1. The molecule has 0 atom stereocenters. The lowest BCUT2D eigenvalue weighted by molar-refractivity contribution is 0.313. The number of nitrogens with one attached hydrogen (secondary N) is 1. The maximum absolute atomic E-state index is 11.7. The van der Waals surface area contributed by atoms with E-state index in [0.29, 0.717) is 6.04 Å². The number of aromatic amines is 1. The molecule has 1 saturated carbocycles. The lowest BCUT2D eigenvalue weighted by Gasteiger charge is -2.25. The Morgan fingerprint density at radius 2 is 2.33 bits per heavy atom. The molecule has 2 aromatic heterocycles. The van der Waals surface area contributed by atoms with E-state index in [2.05, 4.69) is 25.9 Å². The molecule has 0 unspecified atom stereocenters. The molecule has 5 heteroatoms. The van der Waals surface area contributed by atoms with Gasteiger partial charge in [-0.2, -0.15) is 0 Å². The zero-order valence-electron chi connectivity index (χ0n) is 8.03. The number of hydrogen-bond acceptors (Lipinski definition) is 2. The molecule has 0 amide bonds. The number of nitrogens with zero attached hydrogens (tertiary/aromatic N) is 2. The highest BCUT2D eigenvalue weighted by atomic mass is 79.9. The highest BCUT2D eigenvalue weighted by Crippen LogP contribution is 2.32. The Labute approximate surface area is 94.5 Å². The van der Waals surface area contributed by atoms with Crippen LogP contribution in [0.25, 0.3) is 11.2 Å². The number of rotatable bonds is 1. The van der Waals surface area contributed by atoms with Crippen LogP contribution in [0.1, 0.15) is 25.3 Å². The van der Waals surface area contributed by atoms with Crippen LogP contribution in [0.5, 0.6) is 0 Å². The van der Waals surface area contributed by atoms with Crippen LogP contribution in [0.15, 0.2) is 21.5 Å². The van der Waals surface area contributed by atoms with Gasteiger partial charge in [0.05, 0.1) is 5.52 Å². The van der Waals surface area contributed by atoms with Crippen LogP contribution in [-0.2, 0) is 0 Å². The van der Waals surface area contributed by atoms with Gasteiger partial charge >= 0.3 is 5.69 Å². The fourth-order valence-electron chi connectivity index (χ4n) is 1.97. The molecule has 0 bridgehead atoms. The van der Waals surface area contributed by atoms with Crippen molar-refractivity contribution >= 4 is 27.1 Å². The second-order valence-electron chi connectivity index (χ2n) is 3.91. The summed E-state index contributed by atoms with van der Waals surface area (Å²) in [7, 11) is 0. The first-order chi connectivity index (χ1) is 7.25. The standard InChI is InChI=1S/C10H10BrN3O/c11-6-4-8-9(12-5-6)14(10(15)13-8)7-2-1-3-7/h4-5,7H,1-3H2,(H,13,15). The summed E-state index contributed by atoms with van der Waals surface area (Å²) >= 11 is 3.34. The van der Waals surface area contributed by atoms with Gasteiger partial charge in [-0.15, -0.1) is 0 Å². The van der Waals surface area contributed by atoms with E-state index in [1.54, 1.807) is 10.8 Å². The molecular formula is C10H10BrN3O. The maximum Gasteiger partial charge on any atom is 0.327 e. The number of halogens is 1. The quantitative estimate of drug-likeness (QED) is 0.862. The van der Waals surface area contributed by atoms with E-state index in [4.69, 9.17) is 0 Å². The van der Waals surface area contributed by atoms with Crippen molar-refractivity contribution in [3.05, 3.63) is 27.2 Å². The minimum Gasteiger partial charge on any atom is -0.304 e. The van der Waals surface area contributed by atoms with Crippen molar-refractivity contribution in [2.75, 3.05) is 0 Å². The first kappa shape index (κ1) is 9.15. The molecule has 0 aliphatic heterocycles. The van der Waals surface area contributed by atoms with Crippen LogP contribution >= 0.6 is 15.9 Å². The van der Waals surface area contributed by atoms with E-state index in [0.717, 1.165) is 28.5 Å². The Balaban J connectivity index is 2.27. The van der Waals surface area contributed by atoms with E-state index in [1.807, 2.05) is 6.07 Å². The number of imidazole rings is 1. The summed E-state index contributed by atoms with van der Waals surface area (Å²) in [4.78, 5) is 18.9. The molecule has 2 heterocycles. The third-order valence-electron chi connectivity index (χ3n) is 2.96. The summed E-state index contributed by atoms with van der Waals surface area (Å²) < 4.78 is 2.67. The van der Waals surface area contributed by atoms with Crippen LogP contribution in [-0.4, -0.2) is 14.5 Å². The van der Waals surface area contributed by atoms with Gasteiger partial charge in [-0.25, -0.2) is 9.78 Å². The van der Waals surface area contributed by atoms with Gasteiger partial charge < -0.3 is 4.98 Å². The van der Waals surface area contributed by atoms with Crippen molar-refractivity contribution in [1.29, 1.82) is 0 Å². The predicted octanol–water partition coefficient (Wildman–Crippen LogP) is 2.21. The minimum atomic E-state index is -0.0414. The second-order valence-corrected chi connectivity index (χ2v) is 4.83. The van der Waals surface area contributed by atoms with Gasteiger partial charge in [0.1, 0.15) is 0 Å². The summed E-state index contributed by atoms with van der Waals surface area (Å²) in [5.74, 6) is 0. The first-order valence-electron chi connectivity index (χ1n) is 5.01. The minimum absolute atomic E-state index is 0.0414. The molecule has 1 aliphatic rings. The van der Waals surface area contributed by atoms with Crippen molar-refractivity contribution in [2.45, 2.75) is 25.3 Å². The average Bonchev–Trinajstić information content (AvgIpc) is 2.40. The van der Waals surface area contributed by atoms with E-state index in [-0.39, 0.29) is 5.69 Å². The lowest BCUT2D eigenvalue weighted by Crippen LogP contribution is -2.27. The molecule has 2 aromatic rings. The van der Waals surface area contributed by atoms with E-state index in [9.17, 15) is 4.79 Å². The van der Waals surface area contributed by atoms with Gasteiger partial charge in [0, 0.05) is 16.7 Å². The normalized spacial score (nSPS) is 16.9. The van der Waals surface area contributed by atoms with Crippen molar-refractivity contribution in [3.8, 4) is 0 Å². The molecule has 1 N–H and O–H groups in total. The van der Waals surface area contributed by atoms with E-state index >= 15 is 0 Å². The predicted molar refractivity (Wildman–Crippen MR) is 60.9 cm³/mol. The summed E-state index contributed by atoms with van der Waals surface area (Å²) in [5, 5.41) is 0. The highest BCUT2D eigenvalue weighted by Gasteiger charge is 2.23. The highest BCUT2D eigenvalue weighted by molar-refractivity contribution is 9.10. The molecular weight excluding hydrogens is 258 g/mol. The summed E-state index contributed by atoms with van der Waals surface area (Å²) in [6.45, 7) is 0. The topological polar surface area (TPSA) is 50.7 Å². The molecule has 0 radical (unpaired) electrons. The SMILES string of the molecule is O=c1[nH]c2cc(Br)cnc2n1C1CCC1. The first-order valence-corrected chi connectivity index (χ1v) is 5.81. The van der Waals surface area contributed by atoms with Crippen LogP contribution < -0.4 is 5.69 Å². The monoisotopic (exact) mass is 267 g/mol. The molecule has 4 nitrogen and oxygen atoms in total. The Hall–Kier alpha value is -1.10. The Morgan fingerprint density at radius 3 is 3.00 bits per heavy atom. The maximum atomic E-state index is 11.7. The Bertz CT molecular complexity index is 568. The fraction of sp³-hybridized carbons (Fsp3) is 0.400. The van der Waals surface area contributed by atoms with Crippen LogP contribution in [0, 0.1) is 0 Å². The zero-order valence-corrected chi connectivity index (χ0v) is 9.62. The smallest absolute Gasteiger partial charge is 0.304 e. The van der Waals surface area contributed by atoms with Crippen LogP contribution in [0.4, 0.5) is 0 Å². The summed E-state index contributed by atoms with van der Waals surface area (Å²) in [6, 6.07) is 2.23. The van der Waals surface area contributed by atoms with Crippen molar-refractivity contribution in [2.24, 2.45) is 0 Å². The van der Waals surface area contributed by atoms with Gasteiger partial charge in [0.2, 0.25) is 0 Å². The number of aromatic nitrogens is 3. The summed E-state index contributed by atoms with van der Waals surface area (Å²) in [5.41, 5.74) is 1.54. The molecule has 0 saturated heterocycles. The molecule has 0 aromatic carbocycles. The van der Waals surface area contributed by atoms with Crippen LogP contribution in [0.2, 0.25) is 0 Å². The number of hydrogen-bond donors (Lipinski definition) is 1. The molecule has 1 fully saturated rings. The zero-order chi connectivity index (χ0) is 10.4. The fourth-order valence-corrected chi connectivity index (χ4v) is 2.30. The third-order valence-corrected chi connectivity index (χ3v) is 3.40. The molecule has 3 rings (SSSR count). The molecule has 1 aliphatic carbocycles. The number of pyridine rings is 1. The second kappa shape index (κ2) is 3.20. The number of H-pyrrole nitrogens is 1. The van der Waals surface area contributed by atoms with Crippen LogP contribution in [0.3, 0.4) is 0 Å².